The van der Waals surface area contributed by atoms with Gasteiger partial charge in [0.1, 0.15) is 0 Å². The summed E-state index contributed by atoms with van der Waals surface area (Å²) >= 11 is 0. The zero-order valence-electron chi connectivity index (χ0n) is 17.7. The van der Waals surface area contributed by atoms with E-state index < -0.39 is 10.0 Å². The predicted molar refractivity (Wildman–Crippen MR) is 125 cm³/mol. The number of para-hydroxylation sites is 1. The number of carbonyl (C=O) groups is 1. The lowest BCUT2D eigenvalue weighted by Crippen LogP contribution is -2.50. The Morgan fingerprint density at radius 3 is 2.31 bits per heavy atom. The average molecular weight is 446 g/mol. The lowest BCUT2D eigenvalue weighted by molar-refractivity contribution is 0.0699. The van der Waals surface area contributed by atoms with Crippen LogP contribution in [-0.4, -0.2) is 54.7 Å². The summed E-state index contributed by atoms with van der Waals surface area (Å²) in [5.41, 5.74) is 2.18. The summed E-state index contributed by atoms with van der Waals surface area (Å²) in [5, 5.41) is 2.71. The van der Waals surface area contributed by atoms with Crippen molar-refractivity contribution in [3.05, 3.63) is 84.1 Å². The summed E-state index contributed by atoms with van der Waals surface area (Å²) < 4.78 is 27.9. The molecular formula is C25H23N3O3S. The van der Waals surface area contributed by atoms with Crippen molar-refractivity contribution in [1.82, 2.24) is 14.2 Å². The molecule has 5 rings (SSSR count). The van der Waals surface area contributed by atoms with Crippen LogP contribution in [0, 0.1) is 6.92 Å². The molecule has 0 saturated carbocycles. The van der Waals surface area contributed by atoms with Gasteiger partial charge in [0.25, 0.3) is 5.91 Å². The average Bonchev–Trinajstić information content (AvgIpc) is 2.82. The van der Waals surface area contributed by atoms with Crippen LogP contribution in [0.2, 0.25) is 0 Å². The van der Waals surface area contributed by atoms with Crippen LogP contribution in [0.4, 0.5) is 0 Å². The highest BCUT2D eigenvalue weighted by atomic mass is 32.2. The molecule has 2 heterocycles. The van der Waals surface area contributed by atoms with E-state index in [-0.39, 0.29) is 23.9 Å². The maximum Gasteiger partial charge on any atom is 0.254 e. The fraction of sp³-hybridized carbons (Fsp3) is 0.200. The molecule has 6 nitrogen and oxygen atoms in total. The van der Waals surface area contributed by atoms with Gasteiger partial charge in [-0.25, -0.2) is 8.42 Å². The maximum absolute atomic E-state index is 13.3. The molecule has 1 saturated heterocycles. The van der Waals surface area contributed by atoms with Crippen molar-refractivity contribution in [3.63, 3.8) is 0 Å². The highest BCUT2D eigenvalue weighted by molar-refractivity contribution is 7.89. The number of hydrogen-bond donors (Lipinski definition) is 0. The fourth-order valence-electron chi connectivity index (χ4n) is 4.26. The van der Waals surface area contributed by atoms with Gasteiger partial charge in [0.2, 0.25) is 10.0 Å². The van der Waals surface area contributed by atoms with Crippen molar-refractivity contribution in [2.45, 2.75) is 11.8 Å². The Labute approximate surface area is 187 Å². The Balaban J connectivity index is 1.36. The first-order valence-electron chi connectivity index (χ1n) is 10.6. The molecule has 0 unspecified atom stereocenters. The standard InChI is InChI=1S/C25H23N3O3S/c1-18-16-23(22-8-4-5-9-24(22)26-18)25(29)27-12-14-28(15-13-27)32(30,31)21-11-10-19-6-2-3-7-20(19)17-21/h2-11,16-17H,12-15H2,1H3. The number of amides is 1. The highest BCUT2D eigenvalue weighted by Gasteiger charge is 2.31. The molecule has 1 aliphatic heterocycles. The number of carbonyl (C=O) groups excluding carboxylic acids is 1. The minimum atomic E-state index is -3.62. The number of pyridine rings is 1. The van der Waals surface area contributed by atoms with Gasteiger partial charge in [0, 0.05) is 37.3 Å². The number of hydrogen-bond acceptors (Lipinski definition) is 4. The van der Waals surface area contributed by atoms with Gasteiger partial charge in [0.05, 0.1) is 16.0 Å². The number of fused-ring (bicyclic) bond motifs is 2. The normalized spacial score (nSPS) is 15.3. The molecule has 0 radical (unpaired) electrons. The molecule has 32 heavy (non-hydrogen) atoms. The summed E-state index contributed by atoms with van der Waals surface area (Å²) in [6.45, 7) is 3.10. The van der Waals surface area contributed by atoms with Gasteiger partial charge < -0.3 is 4.90 Å². The van der Waals surface area contributed by atoms with Gasteiger partial charge in [-0.1, -0.05) is 48.5 Å². The van der Waals surface area contributed by atoms with E-state index >= 15 is 0 Å². The van der Waals surface area contributed by atoms with Crippen LogP contribution < -0.4 is 0 Å². The monoisotopic (exact) mass is 445 g/mol. The smallest absolute Gasteiger partial charge is 0.254 e. The summed E-state index contributed by atoms with van der Waals surface area (Å²) in [4.78, 5) is 19.8. The van der Waals surface area contributed by atoms with Crippen molar-refractivity contribution in [3.8, 4) is 0 Å². The molecule has 1 fully saturated rings. The second kappa shape index (κ2) is 8.00. The molecule has 0 spiro atoms. The molecule has 0 atom stereocenters. The Morgan fingerprint density at radius 2 is 1.53 bits per heavy atom. The van der Waals surface area contributed by atoms with Crippen molar-refractivity contribution >= 4 is 37.6 Å². The topological polar surface area (TPSA) is 70.6 Å². The summed E-state index contributed by atoms with van der Waals surface area (Å²) in [5.74, 6) is -0.0885. The number of piperazine rings is 1. The van der Waals surface area contributed by atoms with Crippen LogP contribution in [0.3, 0.4) is 0 Å². The van der Waals surface area contributed by atoms with Crippen molar-refractivity contribution in [1.29, 1.82) is 0 Å². The van der Waals surface area contributed by atoms with E-state index in [1.165, 1.54) is 4.31 Å². The fourth-order valence-corrected chi connectivity index (χ4v) is 5.72. The van der Waals surface area contributed by atoms with Crippen LogP contribution in [0.1, 0.15) is 16.1 Å². The van der Waals surface area contributed by atoms with E-state index in [0.717, 1.165) is 27.4 Å². The third kappa shape index (κ3) is 3.63. The molecule has 7 heteroatoms. The number of benzene rings is 3. The number of aryl methyl sites for hydroxylation is 1. The predicted octanol–water partition coefficient (Wildman–Crippen LogP) is 3.84. The lowest BCUT2D eigenvalue weighted by Gasteiger charge is -2.34. The number of sulfonamides is 1. The lowest BCUT2D eigenvalue weighted by atomic mass is 10.1. The van der Waals surface area contributed by atoms with Crippen LogP contribution >= 0.6 is 0 Å². The van der Waals surface area contributed by atoms with Crippen LogP contribution in [0.5, 0.6) is 0 Å². The zero-order valence-corrected chi connectivity index (χ0v) is 18.5. The number of nitrogens with zero attached hydrogens (tertiary/aromatic N) is 3. The van der Waals surface area contributed by atoms with Crippen LogP contribution in [-0.2, 0) is 10.0 Å². The van der Waals surface area contributed by atoms with E-state index in [9.17, 15) is 13.2 Å². The van der Waals surface area contributed by atoms with E-state index in [4.69, 9.17) is 0 Å². The minimum Gasteiger partial charge on any atom is -0.336 e. The highest BCUT2D eigenvalue weighted by Crippen LogP contribution is 2.24. The van der Waals surface area contributed by atoms with Crippen LogP contribution in [0.25, 0.3) is 21.7 Å². The van der Waals surface area contributed by atoms with Gasteiger partial charge in [-0.3, -0.25) is 9.78 Å². The van der Waals surface area contributed by atoms with Crippen molar-refractivity contribution in [2.75, 3.05) is 26.2 Å². The van der Waals surface area contributed by atoms with Gasteiger partial charge in [0.15, 0.2) is 0 Å². The minimum absolute atomic E-state index is 0.0885. The molecule has 1 aliphatic rings. The number of aromatic nitrogens is 1. The first kappa shape index (κ1) is 20.6. The SMILES string of the molecule is Cc1cc(C(=O)N2CCN(S(=O)(=O)c3ccc4ccccc4c3)CC2)c2ccccc2n1. The molecule has 0 N–H and O–H groups in total. The molecule has 1 aromatic heterocycles. The zero-order chi connectivity index (χ0) is 22.3. The van der Waals surface area contributed by atoms with Gasteiger partial charge >= 0.3 is 0 Å². The first-order chi connectivity index (χ1) is 15.4. The second-order valence-corrected chi connectivity index (χ2v) is 9.97. The maximum atomic E-state index is 13.3. The second-order valence-electron chi connectivity index (χ2n) is 8.03. The summed E-state index contributed by atoms with van der Waals surface area (Å²) in [7, 11) is -3.62. The molecular weight excluding hydrogens is 422 g/mol. The van der Waals surface area contributed by atoms with Gasteiger partial charge in [-0.05, 0) is 42.0 Å². The quantitative estimate of drug-likeness (QED) is 0.480. The largest absolute Gasteiger partial charge is 0.336 e. The van der Waals surface area contributed by atoms with Gasteiger partial charge in [-0.2, -0.15) is 4.31 Å². The third-order valence-corrected chi connectivity index (χ3v) is 7.85. The molecule has 1 amide bonds. The molecule has 0 aliphatic carbocycles. The summed E-state index contributed by atoms with van der Waals surface area (Å²) in [6, 6.07) is 22.3. The third-order valence-electron chi connectivity index (χ3n) is 5.96. The Kier molecular flexibility index (Phi) is 5.15. The van der Waals surface area contributed by atoms with E-state index in [1.54, 1.807) is 17.0 Å². The van der Waals surface area contributed by atoms with Crippen molar-refractivity contribution < 1.29 is 13.2 Å². The Bertz CT molecular complexity index is 1440. The van der Waals surface area contributed by atoms with E-state index in [2.05, 4.69) is 4.98 Å². The Hall–Kier alpha value is -3.29. The van der Waals surface area contributed by atoms with E-state index in [1.807, 2.05) is 67.6 Å². The van der Waals surface area contributed by atoms with E-state index in [0.29, 0.717) is 18.7 Å². The molecule has 3 aromatic carbocycles. The van der Waals surface area contributed by atoms with Crippen molar-refractivity contribution in [2.24, 2.45) is 0 Å². The molecule has 4 aromatic rings. The molecule has 0 bridgehead atoms. The summed E-state index contributed by atoms with van der Waals surface area (Å²) in [6.07, 6.45) is 0. The Morgan fingerprint density at radius 1 is 0.844 bits per heavy atom. The van der Waals surface area contributed by atoms with Crippen LogP contribution in [0.15, 0.2) is 77.7 Å². The van der Waals surface area contributed by atoms with Gasteiger partial charge in [-0.15, -0.1) is 0 Å². The first-order valence-corrected chi connectivity index (χ1v) is 12.0. The number of rotatable bonds is 3. The molecule has 162 valence electrons.